The van der Waals surface area contributed by atoms with Crippen molar-refractivity contribution in [3.8, 4) is 0 Å². The van der Waals surface area contributed by atoms with Crippen molar-refractivity contribution in [2.24, 2.45) is 11.1 Å². The molecule has 6 heteroatoms. The lowest BCUT2D eigenvalue weighted by molar-refractivity contribution is 0.476. The zero-order valence-corrected chi connectivity index (χ0v) is 11.7. The van der Waals surface area contributed by atoms with Gasteiger partial charge in [-0.2, -0.15) is 0 Å². The molecule has 0 fully saturated rings. The quantitative estimate of drug-likeness (QED) is 0.937. The van der Waals surface area contributed by atoms with Gasteiger partial charge in [-0.05, 0) is 24.1 Å². The van der Waals surface area contributed by atoms with E-state index in [4.69, 9.17) is 5.14 Å². The summed E-state index contributed by atoms with van der Waals surface area (Å²) in [6.07, 6.45) is 2.47. The lowest BCUT2D eigenvalue weighted by Gasteiger charge is -2.10. The standard InChI is InChI=1S/C13H17FN2O2S/c1-3-9(2)7-16-8-13(19(15,17)18)11-6-10(14)4-5-12(11)16/h4-6,8-9H,3,7H2,1-2H3,(H2,15,17,18). The third-order valence-corrected chi connectivity index (χ3v) is 4.26. The monoisotopic (exact) mass is 284 g/mol. The molecule has 2 aromatic rings. The molecule has 1 aromatic carbocycles. The fraction of sp³-hybridized carbons (Fsp3) is 0.385. The minimum absolute atomic E-state index is 0.0229. The van der Waals surface area contributed by atoms with E-state index in [1.807, 2.05) is 4.57 Å². The van der Waals surface area contributed by atoms with Crippen LogP contribution in [-0.2, 0) is 16.6 Å². The van der Waals surface area contributed by atoms with Gasteiger partial charge in [0.15, 0.2) is 0 Å². The number of hydrogen-bond donors (Lipinski definition) is 1. The molecule has 1 atom stereocenters. The molecule has 1 aromatic heterocycles. The summed E-state index contributed by atoms with van der Waals surface area (Å²) in [4.78, 5) is -0.0229. The molecule has 0 bridgehead atoms. The summed E-state index contributed by atoms with van der Waals surface area (Å²) in [5, 5.41) is 5.52. The number of fused-ring (bicyclic) bond motifs is 1. The maximum absolute atomic E-state index is 13.3. The van der Waals surface area contributed by atoms with Crippen LogP contribution in [-0.4, -0.2) is 13.0 Å². The molecule has 0 amide bonds. The van der Waals surface area contributed by atoms with E-state index in [9.17, 15) is 12.8 Å². The summed E-state index contributed by atoms with van der Waals surface area (Å²) in [7, 11) is -3.86. The van der Waals surface area contributed by atoms with E-state index >= 15 is 0 Å². The average molecular weight is 284 g/mol. The van der Waals surface area contributed by atoms with Gasteiger partial charge in [-0.1, -0.05) is 20.3 Å². The number of hydrogen-bond acceptors (Lipinski definition) is 2. The highest BCUT2D eigenvalue weighted by Gasteiger charge is 2.18. The van der Waals surface area contributed by atoms with Crippen LogP contribution >= 0.6 is 0 Å². The molecule has 2 N–H and O–H groups in total. The molecular weight excluding hydrogens is 267 g/mol. The molecule has 0 aliphatic rings. The van der Waals surface area contributed by atoms with Gasteiger partial charge in [-0.25, -0.2) is 17.9 Å². The number of rotatable bonds is 4. The summed E-state index contributed by atoms with van der Waals surface area (Å²) in [6.45, 7) is 4.82. The second-order valence-corrected chi connectivity index (χ2v) is 6.40. The molecule has 0 spiro atoms. The van der Waals surface area contributed by atoms with Crippen molar-refractivity contribution < 1.29 is 12.8 Å². The van der Waals surface area contributed by atoms with E-state index in [0.29, 0.717) is 23.4 Å². The molecule has 0 aliphatic carbocycles. The van der Waals surface area contributed by atoms with Gasteiger partial charge >= 0.3 is 0 Å². The second-order valence-electron chi connectivity index (χ2n) is 4.87. The van der Waals surface area contributed by atoms with Gasteiger partial charge in [-0.3, -0.25) is 0 Å². The second kappa shape index (κ2) is 4.94. The smallest absolute Gasteiger partial charge is 0.240 e. The average Bonchev–Trinajstić information content (AvgIpc) is 2.67. The lowest BCUT2D eigenvalue weighted by Crippen LogP contribution is -2.12. The number of benzene rings is 1. The maximum Gasteiger partial charge on any atom is 0.240 e. The Kier molecular flexibility index (Phi) is 3.64. The fourth-order valence-corrected chi connectivity index (χ4v) is 2.82. The van der Waals surface area contributed by atoms with Crippen LogP contribution in [0, 0.1) is 11.7 Å². The normalized spacial score (nSPS) is 13.9. The Morgan fingerprint density at radius 2 is 2.11 bits per heavy atom. The number of halogens is 1. The minimum Gasteiger partial charge on any atom is -0.346 e. The third-order valence-electron chi connectivity index (χ3n) is 3.32. The topological polar surface area (TPSA) is 65.1 Å². The van der Waals surface area contributed by atoms with E-state index in [2.05, 4.69) is 13.8 Å². The molecule has 19 heavy (non-hydrogen) atoms. The molecule has 0 aliphatic heterocycles. The van der Waals surface area contributed by atoms with Gasteiger partial charge in [0.25, 0.3) is 0 Å². The van der Waals surface area contributed by atoms with E-state index in [1.165, 1.54) is 18.3 Å². The van der Waals surface area contributed by atoms with Crippen molar-refractivity contribution in [3.63, 3.8) is 0 Å². The summed E-state index contributed by atoms with van der Waals surface area (Å²) in [5.41, 5.74) is 0.686. The molecule has 0 radical (unpaired) electrons. The van der Waals surface area contributed by atoms with Gasteiger partial charge < -0.3 is 4.57 Å². The first-order valence-corrected chi connectivity index (χ1v) is 7.68. The predicted octanol–water partition coefficient (Wildman–Crippen LogP) is 2.47. The van der Waals surface area contributed by atoms with Crippen LogP contribution in [0.3, 0.4) is 0 Å². The van der Waals surface area contributed by atoms with E-state index in [1.54, 1.807) is 6.07 Å². The van der Waals surface area contributed by atoms with Crippen molar-refractivity contribution in [2.75, 3.05) is 0 Å². The fourth-order valence-electron chi connectivity index (χ4n) is 2.08. The molecule has 0 saturated heterocycles. The molecular formula is C13H17FN2O2S. The van der Waals surface area contributed by atoms with Crippen LogP contribution in [0.5, 0.6) is 0 Å². The Bertz CT molecular complexity index is 707. The summed E-state index contributed by atoms with van der Waals surface area (Å²) >= 11 is 0. The molecule has 0 saturated carbocycles. The summed E-state index contributed by atoms with van der Waals surface area (Å²) in [5.74, 6) is -0.0762. The van der Waals surface area contributed by atoms with Crippen molar-refractivity contribution in [1.29, 1.82) is 0 Å². The minimum atomic E-state index is -3.86. The number of nitrogens with zero attached hydrogens (tertiary/aromatic N) is 1. The lowest BCUT2D eigenvalue weighted by atomic mass is 10.1. The summed E-state index contributed by atoms with van der Waals surface area (Å²) < 4.78 is 38.3. The first-order valence-electron chi connectivity index (χ1n) is 6.14. The van der Waals surface area contributed by atoms with Crippen molar-refractivity contribution in [3.05, 3.63) is 30.2 Å². The van der Waals surface area contributed by atoms with Gasteiger partial charge in [-0.15, -0.1) is 0 Å². The van der Waals surface area contributed by atoms with Crippen LogP contribution in [0.4, 0.5) is 4.39 Å². The Labute approximate surface area is 112 Å². The Balaban J connectivity index is 2.67. The van der Waals surface area contributed by atoms with E-state index in [-0.39, 0.29) is 4.90 Å². The van der Waals surface area contributed by atoms with E-state index < -0.39 is 15.8 Å². The molecule has 104 valence electrons. The highest BCUT2D eigenvalue weighted by Crippen LogP contribution is 2.26. The first-order chi connectivity index (χ1) is 8.82. The van der Waals surface area contributed by atoms with Crippen molar-refractivity contribution in [2.45, 2.75) is 31.7 Å². The largest absolute Gasteiger partial charge is 0.346 e. The van der Waals surface area contributed by atoms with Crippen LogP contribution in [0.25, 0.3) is 10.9 Å². The number of sulfonamides is 1. The highest BCUT2D eigenvalue weighted by molar-refractivity contribution is 7.89. The number of aromatic nitrogens is 1. The zero-order chi connectivity index (χ0) is 14.2. The van der Waals surface area contributed by atoms with Gasteiger partial charge in [0.05, 0.1) is 0 Å². The van der Waals surface area contributed by atoms with Crippen LogP contribution in [0.15, 0.2) is 29.3 Å². The van der Waals surface area contributed by atoms with Gasteiger partial charge in [0, 0.05) is 23.6 Å². The van der Waals surface area contributed by atoms with Crippen LogP contribution in [0.1, 0.15) is 20.3 Å². The molecule has 2 rings (SSSR count). The van der Waals surface area contributed by atoms with Crippen molar-refractivity contribution in [1.82, 2.24) is 4.57 Å². The van der Waals surface area contributed by atoms with E-state index in [0.717, 1.165) is 6.42 Å². The molecule has 1 unspecified atom stereocenters. The van der Waals surface area contributed by atoms with Gasteiger partial charge in [0.1, 0.15) is 10.7 Å². The maximum atomic E-state index is 13.3. The molecule has 1 heterocycles. The molecule has 4 nitrogen and oxygen atoms in total. The third kappa shape index (κ3) is 2.79. The van der Waals surface area contributed by atoms with Crippen LogP contribution < -0.4 is 5.14 Å². The Hall–Kier alpha value is -1.40. The summed E-state index contributed by atoms with van der Waals surface area (Å²) in [6, 6.07) is 4.12. The van der Waals surface area contributed by atoms with Crippen molar-refractivity contribution >= 4 is 20.9 Å². The van der Waals surface area contributed by atoms with Gasteiger partial charge in [0.2, 0.25) is 10.0 Å². The number of primary sulfonamides is 1. The predicted molar refractivity (Wildman–Crippen MR) is 72.7 cm³/mol. The number of nitrogens with two attached hydrogens (primary N) is 1. The first kappa shape index (κ1) is 14.0. The SMILES string of the molecule is CCC(C)Cn1cc(S(N)(=O)=O)c2cc(F)ccc21. The van der Waals surface area contributed by atoms with Crippen LogP contribution in [0.2, 0.25) is 0 Å². The highest BCUT2D eigenvalue weighted by atomic mass is 32.2. The zero-order valence-electron chi connectivity index (χ0n) is 10.9. The Morgan fingerprint density at radius 1 is 1.42 bits per heavy atom. The Morgan fingerprint density at radius 3 is 2.68 bits per heavy atom.